The Morgan fingerprint density at radius 1 is 0.327 bits per heavy atom. The molecule has 0 saturated carbocycles. The quantitative estimate of drug-likeness (QED) is 0.148. The van der Waals surface area contributed by atoms with Gasteiger partial charge in [0, 0.05) is 55.7 Å². The highest BCUT2D eigenvalue weighted by Gasteiger charge is 2.44. The van der Waals surface area contributed by atoms with Crippen LogP contribution in [0, 0.1) is 0 Å². The van der Waals surface area contributed by atoms with E-state index in [2.05, 4.69) is 61.5 Å². The molecule has 6 aliphatic heterocycles. The number of fused-ring (bicyclic) bond motifs is 25. The molecule has 0 spiro atoms. The van der Waals surface area contributed by atoms with Crippen LogP contribution in [0.1, 0.15) is 88.1 Å². The van der Waals surface area contributed by atoms with Crippen LogP contribution in [-0.4, -0.2) is 78.9 Å². The van der Waals surface area contributed by atoms with Gasteiger partial charge in [0.2, 0.25) is 0 Å². The van der Waals surface area contributed by atoms with E-state index in [1.807, 2.05) is 0 Å². The predicted octanol–water partition coefficient (Wildman–Crippen LogP) is 9.33. The molecule has 5 atom stereocenters. The normalized spacial score (nSPS) is 32.3. The van der Waals surface area contributed by atoms with Crippen molar-refractivity contribution < 1.29 is 0 Å². The van der Waals surface area contributed by atoms with Crippen molar-refractivity contribution in [3.8, 4) is 0 Å². The van der Waals surface area contributed by atoms with E-state index in [1.165, 1.54) is 0 Å². The van der Waals surface area contributed by atoms with Crippen LogP contribution in [0.4, 0.5) is 0 Å². The van der Waals surface area contributed by atoms with E-state index >= 15 is 0 Å². The number of thiazole rings is 5. The first kappa shape index (κ1) is 36.3. The van der Waals surface area contributed by atoms with E-state index < -0.39 is 27.7 Å². The molecule has 0 aliphatic carbocycles. The lowest BCUT2D eigenvalue weighted by Gasteiger charge is -2.16. The zero-order chi connectivity index (χ0) is 37.4. The van der Waals surface area contributed by atoms with Gasteiger partial charge < -0.3 is 0 Å². The Morgan fingerprint density at radius 3 is 0.691 bits per heavy atom. The fraction of sp³-hybridized carbons (Fsp3) is 0.429. The summed E-state index contributed by atoms with van der Waals surface area (Å²) in [6, 6.07) is 0. The second kappa shape index (κ2) is 12.9. The van der Waals surface area contributed by atoms with Crippen LogP contribution in [0.2, 0.25) is 0 Å². The largest absolute Gasteiger partial charge is 0.262 e. The van der Waals surface area contributed by atoms with Gasteiger partial charge in [-0.2, -0.15) is 0 Å². The van der Waals surface area contributed by atoms with Crippen molar-refractivity contribution in [3.63, 3.8) is 0 Å². The van der Waals surface area contributed by atoms with Crippen molar-refractivity contribution in [2.45, 2.75) is 62.3 Å². The molecule has 11 rings (SSSR count). The van der Waals surface area contributed by atoms with Crippen LogP contribution in [0.3, 0.4) is 0 Å². The molecule has 5 aromatic heterocycles. The lowest BCUT2D eigenvalue weighted by molar-refractivity contribution is 0.570. The first-order valence-corrected chi connectivity index (χ1v) is 26.7. The highest BCUT2D eigenvalue weighted by Crippen LogP contribution is 2.47. The summed E-state index contributed by atoms with van der Waals surface area (Å²) in [6.07, 6.45) is 0. The van der Waals surface area contributed by atoms with E-state index in [0.29, 0.717) is 0 Å². The molecular formula is C35H30N10S10. The zero-order valence-electron chi connectivity index (χ0n) is 30.0. The molecule has 0 radical (unpaired) electrons. The molecule has 280 valence electrons. The van der Waals surface area contributed by atoms with Gasteiger partial charge in [-0.25, -0.2) is 24.9 Å². The summed E-state index contributed by atoms with van der Waals surface area (Å²) >= 11 is 17.1. The standard InChI is InChI=1S/C35H30N10S10/c1-31-11-51-21(41-31)16-7-47-27(37-16)32(2)13-53-23(43-32)18-9-49-29(39-18)34(4)15-55-25(45-34)20-10-50-30(40-20)35(5)14-54-24(44-35)19-8-48-28(38-19)33(3)12-52-22(42-33)17-6-46-26(31)36-17/h6-10H,11-15H2,1-5H3/t31-,32-,33-,34-,35-/m0/s1. The fourth-order valence-electron chi connectivity index (χ4n) is 6.79. The summed E-state index contributed by atoms with van der Waals surface area (Å²) < 4.78 is 0. The highest BCUT2D eigenvalue weighted by molar-refractivity contribution is 8.15. The Labute approximate surface area is 358 Å². The molecule has 55 heavy (non-hydrogen) atoms. The minimum absolute atomic E-state index is 0.432. The maximum absolute atomic E-state index is 5.26. The number of thioether (sulfide) groups is 5. The van der Waals surface area contributed by atoms with Crippen molar-refractivity contribution in [1.29, 1.82) is 0 Å². The Bertz CT molecular complexity index is 2180. The van der Waals surface area contributed by atoms with Crippen molar-refractivity contribution in [2.75, 3.05) is 28.8 Å². The molecule has 0 aromatic carbocycles. The van der Waals surface area contributed by atoms with Crippen molar-refractivity contribution in [3.05, 3.63) is 80.4 Å². The number of nitrogens with zero attached hydrogens (tertiary/aromatic N) is 10. The summed E-state index contributed by atoms with van der Waals surface area (Å²) in [5.41, 5.74) is 2.45. The van der Waals surface area contributed by atoms with Crippen LogP contribution < -0.4 is 0 Å². The number of rotatable bonds is 0. The number of hydrogen-bond donors (Lipinski definition) is 0. The van der Waals surface area contributed by atoms with Gasteiger partial charge in [-0.15, -0.1) is 115 Å². The summed E-state index contributed by atoms with van der Waals surface area (Å²) in [5.74, 6) is 4.08. The Balaban J connectivity index is 0.983. The van der Waals surface area contributed by atoms with Gasteiger partial charge in [0.05, 0.1) is 0 Å². The maximum Gasteiger partial charge on any atom is 0.122 e. The molecule has 0 amide bonds. The minimum atomic E-state index is -0.432. The smallest absolute Gasteiger partial charge is 0.122 e. The second-order valence-electron chi connectivity index (χ2n) is 15.1. The van der Waals surface area contributed by atoms with Gasteiger partial charge in [0.1, 0.15) is 106 Å². The molecule has 20 heteroatoms. The van der Waals surface area contributed by atoms with Crippen molar-refractivity contribution >= 4 is 141 Å². The van der Waals surface area contributed by atoms with Gasteiger partial charge in [-0.1, -0.05) is 0 Å². The fourth-order valence-corrected chi connectivity index (χ4v) is 17.9. The first-order valence-electron chi connectivity index (χ1n) is 17.3. The zero-order valence-corrected chi connectivity index (χ0v) is 38.1. The average molecular weight is 911 g/mol. The molecule has 0 fully saturated rings. The Morgan fingerprint density at radius 2 is 0.509 bits per heavy atom. The molecule has 0 N–H and O–H groups in total. The van der Waals surface area contributed by atoms with Gasteiger partial charge >= 0.3 is 0 Å². The number of aromatic nitrogens is 5. The summed E-state index contributed by atoms with van der Waals surface area (Å²) in [5, 5.41) is 20.5. The number of hydrogen-bond acceptors (Lipinski definition) is 20. The third kappa shape index (κ3) is 6.00. The van der Waals surface area contributed by atoms with Crippen LogP contribution in [0.5, 0.6) is 0 Å². The van der Waals surface area contributed by atoms with Crippen molar-refractivity contribution in [2.24, 2.45) is 25.0 Å². The van der Waals surface area contributed by atoms with E-state index in [-0.39, 0.29) is 0 Å². The third-order valence-corrected chi connectivity index (χ3v) is 22.0. The highest BCUT2D eigenvalue weighted by atomic mass is 32.2. The molecular weight excluding hydrogens is 881 g/mol. The molecule has 6 aliphatic rings. The summed E-state index contributed by atoms with van der Waals surface area (Å²) in [6.45, 7) is 10.9. The van der Waals surface area contributed by atoms with Crippen LogP contribution in [0.25, 0.3) is 0 Å². The van der Waals surface area contributed by atoms with E-state index in [9.17, 15) is 0 Å². The van der Waals surface area contributed by atoms with Crippen LogP contribution in [-0.2, 0) is 27.7 Å². The predicted molar refractivity (Wildman–Crippen MR) is 242 cm³/mol. The van der Waals surface area contributed by atoms with E-state index in [0.717, 1.165) is 107 Å². The van der Waals surface area contributed by atoms with E-state index in [4.69, 9.17) is 49.9 Å². The van der Waals surface area contributed by atoms with Gasteiger partial charge in [-0.3, -0.25) is 25.0 Å². The van der Waals surface area contributed by atoms with Gasteiger partial charge in [0.25, 0.3) is 0 Å². The molecule has 0 saturated heterocycles. The minimum Gasteiger partial charge on any atom is -0.262 e. The lowest BCUT2D eigenvalue weighted by Crippen LogP contribution is -2.20. The van der Waals surface area contributed by atoms with E-state index in [1.54, 1.807) is 115 Å². The average Bonchev–Trinajstić information content (AvgIpc) is 3.98. The topological polar surface area (TPSA) is 126 Å². The number of aliphatic imine (C=N–C) groups is 5. The summed E-state index contributed by atoms with van der Waals surface area (Å²) in [7, 11) is 0. The second-order valence-corrected chi connectivity index (χ2v) is 24.2. The first-order chi connectivity index (χ1) is 26.4. The Kier molecular flexibility index (Phi) is 8.51. The van der Waals surface area contributed by atoms with Crippen molar-refractivity contribution in [1.82, 2.24) is 24.9 Å². The maximum atomic E-state index is 5.26. The molecule has 10 nitrogen and oxygen atoms in total. The van der Waals surface area contributed by atoms with Gasteiger partial charge in [-0.05, 0) is 34.6 Å². The molecule has 20 bridgehead atoms. The Hall–Kier alpha value is -1.75. The van der Waals surface area contributed by atoms with Crippen LogP contribution in [0.15, 0.2) is 51.9 Å². The third-order valence-electron chi connectivity index (χ3n) is 10.1. The van der Waals surface area contributed by atoms with Crippen LogP contribution >= 0.6 is 115 Å². The molecule has 11 heterocycles. The summed E-state index contributed by atoms with van der Waals surface area (Å²) in [4.78, 5) is 52.0. The lowest BCUT2D eigenvalue weighted by atomic mass is 10.1. The SMILES string of the molecule is C[C@@]12CSC(=N1)c1csc(n1)[C@]1(C)CSC(=N1)c1csc(n1)[C@]1(C)CSC(=N1)c1csc(n1)[C@]1(C)CSC(=N1)c1csc(n1)[C@]1(C)CSC(=N1)c1csc2n1. The molecule has 5 aromatic rings. The monoisotopic (exact) mass is 910 g/mol. The van der Waals surface area contributed by atoms with Gasteiger partial charge in [0.15, 0.2) is 0 Å². The molecule has 0 unspecified atom stereocenters.